The van der Waals surface area contributed by atoms with Crippen LogP contribution in [0.4, 0.5) is 0 Å². The summed E-state index contributed by atoms with van der Waals surface area (Å²) in [6.07, 6.45) is 1.33. The Morgan fingerprint density at radius 1 is 0.875 bits per heavy atom. The van der Waals surface area contributed by atoms with Gasteiger partial charge in [-0.2, -0.15) is 0 Å². The number of benzene rings is 2. The number of aryl methyl sites for hydroxylation is 1. The van der Waals surface area contributed by atoms with E-state index < -0.39 is 0 Å². The number of esters is 1. The topological polar surface area (TPSA) is 46.6 Å². The molecule has 0 radical (unpaired) electrons. The molecule has 1 amide bonds. The highest BCUT2D eigenvalue weighted by molar-refractivity contribution is 5.77. The van der Waals surface area contributed by atoms with E-state index in [9.17, 15) is 9.59 Å². The summed E-state index contributed by atoms with van der Waals surface area (Å²) in [5, 5.41) is 0. The molecule has 0 spiro atoms. The Hall–Kier alpha value is -2.62. The summed E-state index contributed by atoms with van der Waals surface area (Å²) in [4.78, 5) is 25.7. The maximum Gasteiger partial charge on any atom is 0.307 e. The monoisotopic (exact) mass is 325 g/mol. The van der Waals surface area contributed by atoms with Gasteiger partial charge in [0.05, 0.1) is 13.5 Å². The summed E-state index contributed by atoms with van der Waals surface area (Å²) in [7, 11) is 1.36. The Morgan fingerprint density at radius 3 is 2.04 bits per heavy atom. The zero-order valence-corrected chi connectivity index (χ0v) is 14.0. The number of amides is 1. The number of rotatable bonds is 8. The predicted octanol–water partition coefficient (Wildman–Crippen LogP) is 3.21. The quantitative estimate of drug-likeness (QED) is 0.700. The van der Waals surface area contributed by atoms with Gasteiger partial charge in [-0.25, -0.2) is 0 Å². The fourth-order valence-corrected chi connectivity index (χ4v) is 2.48. The minimum Gasteiger partial charge on any atom is -0.469 e. The van der Waals surface area contributed by atoms with Crippen LogP contribution in [0, 0.1) is 0 Å². The molecule has 4 heteroatoms. The summed E-state index contributed by atoms with van der Waals surface area (Å²) in [5.74, 6) is -0.254. The molecule has 0 saturated carbocycles. The van der Waals surface area contributed by atoms with Gasteiger partial charge in [-0.15, -0.1) is 0 Å². The van der Waals surface area contributed by atoms with Crippen molar-refractivity contribution in [3.05, 3.63) is 71.8 Å². The van der Waals surface area contributed by atoms with Crippen molar-refractivity contribution < 1.29 is 14.3 Å². The van der Waals surface area contributed by atoms with E-state index in [1.165, 1.54) is 7.11 Å². The normalized spacial score (nSPS) is 10.2. The lowest BCUT2D eigenvalue weighted by atomic mass is 10.1. The third-order valence-electron chi connectivity index (χ3n) is 3.85. The first-order valence-electron chi connectivity index (χ1n) is 8.11. The Labute approximate surface area is 143 Å². The predicted molar refractivity (Wildman–Crippen MR) is 93.3 cm³/mol. The highest BCUT2D eigenvalue weighted by Gasteiger charge is 2.15. The highest BCUT2D eigenvalue weighted by Crippen LogP contribution is 2.10. The van der Waals surface area contributed by atoms with Gasteiger partial charge in [0.1, 0.15) is 0 Å². The number of nitrogens with zero attached hydrogens (tertiary/aromatic N) is 1. The van der Waals surface area contributed by atoms with Gasteiger partial charge in [0, 0.05) is 19.5 Å². The van der Waals surface area contributed by atoms with Gasteiger partial charge in [-0.3, -0.25) is 9.59 Å². The molecule has 0 fully saturated rings. The van der Waals surface area contributed by atoms with Gasteiger partial charge in [0.15, 0.2) is 0 Å². The molecule has 0 aliphatic heterocycles. The second-order valence-corrected chi connectivity index (χ2v) is 5.61. The molecular formula is C20H23NO3. The van der Waals surface area contributed by atoms with E-state index in [-0.39, 0.29) is 18.3 Å². The van der Waals surface area contributed by atoms with Crippen LogP contribution in [-0.2, 0) is 27.3 Å². The minimum atomic E-state index is -0.302. The van der Waals surface area contributed by atoms with Gasteiger partial charge < -0.3 is 9.64 Å². The Kier molecular flexibility index (Phi) is 7.02. The van der Waals surface area contributed by atoms with Crippen molar-refractivity contribution in [3.63, 3.8) is 0 Å². The maximum atomic E-state index is 12.6. The van der Waals surface area contributed by atoms with Crippen molar-refractivity contribution in [3.8, 4) is 0 Å². The molecule has 0 aliphatic carbocycles. The average molecular weight is 325 g/mol. The summed E-state index contributed by atoms with van der Waals surface area (Å²) < 4.78 is 4.68. The molecule has 126 valence electrons. The fraction of sp³-hybridized carbons (Fsp3) is 0.300. The van der Waals surface area contributed by atoms with Crippen LogP contribution in [-0.4, -0.2) is 30.4 Å². The number of ether oxygens (including phenoxy) is 1. The summed E-state index contributed by atoms with van der Waals surface area (Å²) in [6.45, 7) is 0.876. The van der Waals surface area contributed by atoms with Crippen molar-refractivity contribution in [2.45, 2.75) is 25.8 Å². The lowest BCUT2D eigenvalue weighted by Crippen LogP contribution is -2.33. The third-order valence-corrected chi connectivity index (χ3v) is 3.85. The number of carbonyl (C=O) groups is 2. The van der Waals surface area contributed by atoms with Crippen LogP contribution in [0.5, 0.6) is 0 Å². The zero-order valence-electron chi connectivity index (χ0n) is 14.0. The van der Waals surface area contributed by atoms with Crippen molar-refractivity contribution >= 4 is 11.9 Å². The van der Waals surface area contributed by atoms with Gasteiger partial charge in [-0.05, 0) is 17.5 Å². The smallest absolute Gasteiger partial charge is 0.307 e. The van der Waals surface area contributed by atoms with Gasteiger partial charge in [0.25, 0.3) is 0 Å². The van der Waals surface area contributed by atoms with E-state index >= 15 is 0 Å². The number of hydrogen-bond acceptors (Lipinski definition) is 3. The van der Waals surface area contributed by atoms with Crippen LogP contribution >= 0.6 is 0 Å². The lowest BCUT2D eigenvalue weighted by Gasteiger charge is -2.22. The van der Waals surface area contributed by atoms with Crippen LogP contribution in [0.1, 0.15) is 24.0 Å². The molecule has 4 nitrogen and oxygen atoms in total. The molecule has 0 bridgehead atoms. The molecule has 2 aromatic carbocycles. The highest BCUT2D eigenvalue weighted by atomic mass is 16.5. The standard InChI is InChI=1S/C20H23NO3/c1-24-20(23)14-15-21(16-18-10-6-3-7-11-18)19(22)13-12-17-8-4-2-5-9-17/h2-11H,12-16H2,1H3. The van der Waals surface area contributed by atoms with Gasteiger partial charge in [-0.1, -0.05) is 60.7 Å². The van der Waals surface area contributed by atoms with Crippen LogP contribution < -0.4 is 0 Å². The van der Waals surface area contributed by atoms with Crippen LogP contribution in [0.3, 0.4) is 0 Å². The molecule has 0 unspecified atom stereocenters. The molecule has 0 aliphatic rings. The molecule has 2 rings (SSSR count). The van der Waals surface area contributed by atoms with E-state index in [0.29, 0.717) is 25.9 Å². The SMILES string of the molecule is COC(=O)CCN(Cc1ccccc1)C(=O)CCc1ccccc1. The molecule has 0 heterocycles. The Bertz CT molecular complexity index is 640. The molecule has 0 saturated heterocycles. The van der Waals surface area contributed by atoms with Crippen LogP contribution in [0.15, 0.2) is 60.7 Å². The van der Waals surface area contributed by atoms with Crippen molar-refractivity contribution in [1.29, 1.82) is 0 Å². The molecule has 24 heavy (non-hydrogen) atoms. The number of methoxy groups -OCH3 is 1. The van der Waals surface area contributed by atoms with E-state index in [4.69, 9.17) is 0 Å². The minimum absolute atomic E-state index is 0.0478. The van der Waals surface area contributed by atoms with E-state index in [1.807, 2.05) is 60.7 Å². The fourth-order valence-electron chi connectivity index (χ4n) is 2.48. The average Bonchev–Trinajstić information content (AvgIpc) is 2.64. The molecule has 0 aromatic heterocycles. The van der Waals surface area contributed by atoms with Crippen LogP contribution in [0.2, 0.25) is 0 Å². The molecule has 0 N–H and O–H groups in total. The van der Waals surface area contributed by atoms with Gasteiger partial charge in [0.2, 0.25) is 5.91 Å². The Balaban J connectivity index is 1.97. The Morgan fingerprint density at radius 2 is 1.46 bits per heavy atom. The maximum absolute atomic E-state index is 12.6. The largest absolute Gasteiger partial charge is 0.469 e. The van der Waals surface area contributed by atoms with Gasteiger partial charge >= 0.3 is 5.97 Å². The number of carbonyl (C=O) groups excluding carboxylic acids is 2. The van der Waals surface area contributed by atoms with Crippen LogP contribution in [0.25, 0.3) is 0 Å². The first-order chi connectivity index (χ1) is 11.7. The molecule has 2 aromatic rings. The van der Waals surface area contributed by atoms with E-state index in [1.54, 1.807) is 4.90 Å². The first-order valence-corrected chi connectivity index (χ1v) is 8.11. The summed E-state index contributed by atoms with van der Waals surface area (Å²) in [5.41, 5.74) is 2.19. The van der Waals surface area contributed by atoms with E-state index in [2.05, 4.69) is 4.74 Å². The van der Waals surface area contributed by atoms with Crippen molar-refractivity contribution in [2.75, 3.05) is 13.7 Å². The third kappa shape index (κ3) is 5.88. The summed E-state index contributed by atoms with van der Waals surface area (Å²) >= 11 is 0. The molecule has 0 atom stereocenters. The summed E-state index contributed by atoms with van der Waals surface area (Å²) in [6, 6.07) is 19.7. The first kappa shape index (κ1) is 17.7. The van der Waals surface area contributed by atoms with Crippen molar-refractivity contribution in [2.24, 2.45) is 0 Å². The van der Waals surface area contributed by atoms with E-state index in [0.717, 1.165) is 11.1 Å². The van der Waals surface area contributed by atoms with Crippen molar-refractivity contribution in [1.82, 2.24) is 4.90 Å². The zero-order chi connectivity index (χ0) is 17.2. The second-order valence-electron chi connectivity index (χ2n) is 5.61. The number of hydrogen-bond donors (Lipinski definition) is 0. The lowest BCUT2D eigenvalue weighted by molar-refractivity contribution is -0.141. The second kappa shape index (κ2) is 9.50. The molecular weight excluding hydrogens is 302 g/mol.